The predicted molar refractivity (Wildman–Crippen MR) is 90.5 cm³/mol. The van der Waals surface area contributed by atoms with Crippen LogP contribution in [-0.4, -0.2) is 53.2 Å². The summed E-state index contributed by atoms with van der Waals surface area (Å²) >= 11 is 0. The zero-order valence-corrected chi connectivity index (χ0v) is 14.6. The number of aliphatic hydroxyl groups excluding tert-OH is 1. The highest BCUT2D eigenvalue weighted by atomic mass is 35.5. The second kappa shape index (κ2) is 11.0. The molecule has 0 aliphatic rings. The number of hydrogen-bond acceptors (Lipinski definition) is 4. The Morgan fingerprint density at radius 3 is 2.29 bits per heavy atom. The van der Waals surface area contributed by atoms with Gasteiger partial charge in [-0.3, -0.25) is 14.5 Å². The Morgan fingerprint density at radius 1 is 1.21 bits per heavy atom. The van der Waals surface area contributed by atoms with Crippen LogP contribution < -0.4 is 5.32 Å². The smallest absolute Gasteiger partial charge is 0.322 e. The highest BCUT2D eigenvalue weighted by Gasteiger charge is 2.18. The third-order valence-corrected chi connectivity index (χ3v) is 3.11. The molecule has 6 nitrogen and oxygen atoms in total. The molecule has 1 atom stereocenters. The number of aliphatic carboxylic acids is 1. The summed E-state index contributed by atoms with van der Waals surface area (Å²) in [6.45, 7) is 4.28. The molecule has 136 valence electrons. The quantitative estimate of drug-likeness (QED) is 0.618. The number of nitrogens with one attached hydrogen (secondary N) is 1. The number of rotatable bonds is 9. The van der Waals surface area contributed by atoms with Gasteiger partial charge in [0.05, 0.1) is 12.6 Å². The molecule has 0 spiro atoms. The molecule has 8 heteroatoms. The topological polar surface area (TPSA) is 89.9 Å². The third-order valence-electron chi connectivity index (χ3n) is 3.11. The first kappa shape index (κ1) is 22.3. The van der Waals surface area contributed by atoms with E-state index in [0.717, 1.165) is 0 Å². The monoisotopic (exact) mass is 362 g/mol. The lowest BCUT2D eigenvalue weighted by atomic mass is 10.1. The highest BCUT2D eigenvalue weighted by molar-refractivity contribution is 5.85. The largest absolute Gasteiger partial charge is 0.480 e. The molecule has 0 heterocycles. The third kappa shape index (κ3) is 8.81. The summed E-state index contributed by atoms with van der Waals surface area (Å²) in [5, 5.41) is 21.1. The summed E-state index contributed by atoms with van der Waals surface area (Å²) in [4.78, 5) is 24.0. The zero-order chi connectivity index (χ0) is 17.4. The fraction of sp³-hybridized carbons (Fsp3) is 0.500. The molecule has 0 saturated heterocycles. The minimum atomic E-state index is -1.11. The maximum atomic E-state index is 12.9. The van der Waals surface area contributed by atoms with Crippen LogP contribution in [0.2, 0.25) is 0 Å². The van der Waals surface area contributed by atoms with Gasteiger partial charge in [0.1, 0.15) is 12.4 Å². The molecule has 24 heavy (non-hydrogen) atoms. The van der Waals surface area contributed by atoms with Crippen molar-refractivity contribution in [3.63, 3.8) is 0 Å². The van der Waals surface area contributed by atoms with Gasteiger partial charge in [0, 0.05) is 13.1 Å². The number of nitrogens with zero attached hydrogens (tertiary/aromatic N) is 1. The van der Waals surface area contributed by atoms with Crippen molar-refractivity contribution in [2.75, 3.05) is 26.2 Å². The van der Waals surface area contributed by atoms with Crippen LogP contribution >= 0.6 is 12.4 Å². The van der Waals surface area contributed by atoms with Crippen molar-refractivity contribution in [1.29, 1.82) is 0 Å². The van der Waals surface area contributed by atoms with Crippen molar-refractivity contribution in [1.82, 2.24) is 10.2 Å². The first-order valence-electron chi connectivity index (χ1n) is 7.42. The molecule has 3 N–H and O–H groups in total. The van der Waals surface area contributed by atoms with Crippen LogP contribution in [0.4, 0.5) is 4.39 Å². The average molecular weight is 363 g/mol. The van der Waals surface area contributed by atoms with Gasteiger partial charge in [0.15, 0.2) is 0 Å². The summed E-state index contributed by atoms with van der Waals surface area (Å²) in [5.74, 6) is -1.64. The Hall–Kier alpha value is -1.70. The predicted octanol–water partition coefficient (Wildman–Crippen LogP) is 1.44. The number of hydrogen-bond donors (Lipinski definition) is 3. The second-order valence-electron chi connectivity index (χ2n) is 5.83. The molecular weight excluding hydrogens is 339 g/mol. The molecule has 0 saturated carbocycles. The van der Waals surface area contributed by atoms with E-state index in [4.69, 9.17) is 5.11 Å². The van der Waals surface area contributed by atoms with Crippen LogP contribution in [-0.2, 0) is 9.59 Å². The summed E-state index contributed by atoms with van der Waals surface area (Å²) in [7, 11) is 0. The Balaban J connectivity index is 0.00000529. The number of carbonyl (C=O) groups excluding carboxylic acids is 1. The Morgan fingerprint density at radius 2 is 1.79 bits per heavy atom. The maximum Gasteiger partial charge on any atom is 0.322 e. The number of aliphatic hydroxyl groups is 1. The Labute approximate surface area is 147 Å². The van der Waals surface area contributed by atoms with Crippen LogP contribution in [0.1, 0.15) is 25.5 Å². The summed E-state index contributed by atoms with van der Waals surface area (Å²) in [6, 6.07) is 5.53. The van der Waals surface area contributed by atoms with Gasteiger partial charge < -0.3 is 15.5 Å². The van der Waals surface area contributed by atoms with Crippen molar-refractivity contribution in [2.24, 2.45) is 5.92 Å². The fourth-order valence-corrected chi connectivity index (χ4v) is 2.19. The number of carboxylic acids is 1. The first-order valence-corrected chi connectivity index (χ1v) is 7.42. The van der Waals surface area contributed by atoms with Gasteiger partial charge in [0.2, 0.25) is 5.91 Å². The number of carboxylic acid groups (broad SMARTS) is 1. The van der Waals surface area contributed by atoms with E-state index >= 15 is 0 Å². The minimum Gasteiger partial charge on any atom is -0.480 e. The van der Waals surface area contributed by atoms with Gasteiger partial charge in [-0.1, -0.05) is 26.0 Å². The lowest BCUT2D eigenvalue weighted by Gasteiger charge is -2.26. The van der Waals surface area contributed by atoms with Crippen molar-refractivity contribution >= 4 is 24.3 Å². The van der Waals surface area contributed by atoms with E-state index in [0.29, 0.717) is 12.1 Å². The molecule has 1 rings (SSSR count). The van der Waals surface area contributed by atoms with Gasteiger partial charge in [-0.25, -0.2) is 4.39 Å². The normalized spacial score (nSPS) is 11.9. The van der Waals surface area contributed by atoms with Crippen LogP contribution in [0.15, 0.2) is 24.3 Å². The molecule has 1 aromatic rings. The molecule has 0 aliphatic heterocycles. The summed E-state index contributed by atoms with van der Waals surface area (Å²) < 4.78 is 12.9. The van der Waals surface area contributed by atoms with Crippen molar-refractivity contribution in [3.8, 4) is 0 Å². The lowest BCUT2D eigenvalue weighted by Crippen LogP contribution is -2.42. The summed E-state index contributed by atoms with van der Waals surface area (Å²) in [5.41, 5.74) is 0.561. The van der Waals surface area contributed by atoms with E-state index in [9.17, 15) is 19.1 Å². The first-order chi connectivity index (χ1) is 10.8. The highest BCUT2D eigenvalue weighted by Crippen LogP contribution is 2.15. The second-order valence-corrected chi connectivity index (χ2v) is 5.83. The van der Waals surface area contributed by atoms with Gasteiger partial charge in [-0.05, 0) is 23.6 Å². The standard InChI is InChI=1S/C16H23FN2O4.ClH/c1-11(2)8-19(10-15(21)18-7-16(22)23)9-14(20)12-3-5-13(17)6-4-12;/h3-6,11,14,20H,7-10H2,1-2H3,(H,18,21)(H,22,23);1H. The van der Waals surface area contributed by atoms with E-state index in [1.54, 1.807) is 4.90 Å². The van der Waals surface area contributed by atoms with Crippen LogP contribution in [0.3, 0.4) is 0 Å². The average Bonchev–Trinajstić information content (AvgIpc) is 2.45. The van der Waals surface area contributed by atoms with Crippen molar-refractivity contribution in [3.05, 3.63) is 35.6 Å². The van der Waals surface area contributed by atoms with E-state index in [-0.39, 0.29) is 37.2 Å². The number of benzene rings is 1. The minimum absolute atomic E-state index is 0. The van der Waals surface area contributed by atoms with Gasteiger partial charge >= 0.3 is 5.97 Å². The van der Waals surface area contributed by atoms with Gasteiger partial charge in [0.25, 0.3) is 0 Å². The van der Waals surface area contributed by atoms with Crippen molar-refractivity contribution in [2.45, 2.75) is 20.0 Å². The van der Waals surface area contributed by atoms with Crippen LogP contribution in [0.25, 0.3) is 0 Å². The number of halogens is 2. The van der Waals surface area contributed by atoms with E-state index < -0.39 is 24.5 Å². The fourth-order valence-electron chi connectivity index (χ4n) is 2.19. The number of amides is 1. The Bertz CT molecular complexity index is 525. The van der Waals surface area contributed by atoms with E-state index in [1.807, 2.05) is 13.8 Å². The zero-order valence-electron chi connectivity index (χ0n) is 13.7. The van der Waals surface area contributed by atoms with Gasteiger partial charge in [-0.15, -0.1) is 12.4 Å². The number of carbonyl (C=O) groups is 2. The molecule has 0 radical (unpaired) electrons. The molecular formula is C16H24ClFN2O4. The summed E-state index contributed by atoms with van der Waals surface area (Å²) in [6.07, 6.45) is -0.860. The SMILES string of the molecule is CC(C)CN(CC(=O)NCC(=O)O)CC(O)c1ccc(F)cc1.Cl. The van der Waals surface area contributed by atoms with Gasteiger partial charge in [-0.2, -0.15) is 0 Å². The molecule has 0 aliphatic carbocycles. The van der Waals surface area contributed by atoms with Crippen LogP contribution in [0.5, 0.6) is 0 Å². The van der Waals surface area contributed by atoms with Crippen molar-refractivity contribution < 1.29 is 24.2 Å². The van der Waals surface area contributed by atoms with Crippen LogP contribution in [0, 0.1) is 11.7 Å². The van der Waals surface area contributed by atoms with E-state index in [1.165, 1.54) is 24.3 Å². The molecule has 1 aromatic carbocycles. The molecule has 1 unspecified atom stereocenters. The molecule has 0 fully saturated rings. The van der Waals surface area contributed by atoms with E-state index in [2.05, 4.69) is 5.32 Å². The molecule has 0 aromatic heterocycles. The Kier molecular flexibility index (Phi) is 10.2. The molecule has 0 bridgehead atoms. The lowest BCUT2D eigenvalue weighted by molar-refractivity contribution is -0.138. The molecule has 1 amide bonds. The maximum absolute atomic E-state index is 12.9.